The standard InChI is InChI=1S/C12H14FN3S/c1-2-8-3-4-11(17-8)12(16-14)9-5-6-15-7-10(9)13/h3-7,12,16H,2,14H2,1H3. The number of hydrogen-bond acceptors (Lipinski definition) is 4. The van der Waals surface area contributed by atoms with E-state index in [1.807, 2.05) is 12.1 Å². The number of aromatic nitrogens is 1. The molecular formula is C12H14FN3S. The van der Waals surface area contributed by atoms with Gasteiger partial charge in [0.25, 0.3) is 0 Å². The monoisotopic (exact) mass is 251 g/mol. The summed E-state index contributed by atoms with van der Waals surface area (Å²) in [5.41, 5.74) is 3.18. The van der Waals surface area contributed by atoms with E-state index >= 15 is 0 Å². The zero-order valence-electron chi connectivity index (χ0n) is 9.48. The second-order valence-electron chi connectivity index (χ2n) is 3.65. The lowest BCUT2D eigenvalue weighted by molar-refractivity contribution is 0.559. The Morgan fingerprint density at radius 2 is 2.29 bits per heavy atom. The molecule has 2 heterocycles. The summed E-state index contributed by atoms with van der Waals surface area (Å²) in [5.74, 6) is 5.18. The average Bonchev–Trinajstić information content (AvgIpc) is 2.81. The minimum absolute atomic E-state index is 0.316. The quantitative estimate of drug-likeness (QED) is 0.648. The second kappa shape index (κ2) is 5.35. The van der Waals surface area contributed by atoms with Gasteiger partial charge in [-0.05, 0) is 24.6 Å². The third-order valence-corrected chi connectivity index (χ3v) is 3.89. The highest BCUT2D eigenvalue weighted by Gasteiger charge is 2.18. The maximum absolute atomic E-state index is 13.6. The summed E-state index contributed by atoms with van der Waals surface area (Å²) in [7, 11) is 0. The van der Waals surface area contributed by atoms with Crippen molar-refractivity contribution in [3.8, 4) is 0 Å². The Labute approximate surface area is 103 Å². The first kappa shape index (κ1) is 12.2. The molecule has 0 bridgehead atoms. The van der Waals surface area contributed by atoms with E-state index in [-0.39, 0.29) is 11.9 Å². The van der Waals surface area contributed by atoms with Crippen LogP contribution >= 0.6 is 11.3 Å². The van der Waals surface area contributed by atoms with Gasteiger partial charge in [-0.25, -0.2) is 9.82 Å². The van der Waals surface area contributed by atoms with Crippen molar-refractivity contribution < 1.29 is 4.39 Å². The van der Waals surface area contributed by atoms with Crippen LogP contribution in [0.15, 0.2) is 30.6 Å². The van der Waals surface area contributed by atoms with Crippen molar-refractivity contribution in [2.75, 3.05) is 0 Å². The Bertz CT molecular complexity index is 498. The van der Waals surface area contributed by atoms with Crippen LogP contribution in [0.3, 0.4) is 0 Å². The number of rotatable bonds is 4. The van der Waals surface area contributed by atoms with E-state index in [2.05, 4.69) is 17.3 Å². The van der Waals surface area contributed by atoms with Gasteiger partial charge in [-0.2, -0.15) is 0 Å². The molecule has 2 aromatic heterocycles. The third kappa shape index (κ3) is 2.52. The van der Waals surface area contributed by atoms with Gasteiger partial charge in [0.1, 0.15) is 5.82 Å². The first-order valence-electron chi connectivity index (χ1n) is 5.40. The minimum atomic E-state index is -0.345. The Hall–Kier alpha value is -1.30. The number of hydrogen-bond donors (Lipinski definition) is 2. The van der Waals surface area contributed by atoms with Gasteiger partial charge in [-0.15, -0.1) is 11.3 Å². The summed E-state index contributed by atoms with van der Waals surface area (Å²) in [6.45, 7) is 2.09. The minimum Gasteiger partial charge on any atom is -0.271 e. The number of thiophene rings is 1. The van der Waals surface area contributed by atoms with E-state index in [0.29, 0.717) is 5.56 Å². The molecular weight excluding hydrogens is 237 g/mol. The van der Waals surface area contributed by atoms with Crippen LogP contribution in [0.4, 0.5) is 4.39 Å². The summed E-state index contributed by atoms with van der Waals surface area (Å²) in [5, 5.41) is 0. The van der Waals surface area contributed by atoms with Gasteiger partial charge in [-0.1, -0.05) is 6.92 Å². The van der Waals surface area contributed by atoms with Crippen molar-refractivity contribution in [3.63, 3.8) is 0 Å². The normalized spacial score (nSPS) is 12.6. The maximum Gasteiger partial charge on any atom is 0.146 e. The molecule has 2 rings (SSSR count). The SMILES string of the molecule is CCc1ccc(C(NN)c2ccncc2F)s1. The zero-order valence-corrected chi connectivity index (χ0v) is 10.3. The largest absolute Gasteiger partial charge is 0.271 e. The van der Waals surface area contributed by atoms with Crippen molar-refractivity contribution in [2.45, 2.75) is 19.4 Å². The second-order valence-corrected chi connectivity index (χ2v) is 4.85. The summed E-state index contributed by atoms with van der Waals surface area (Å²) in [6.07, 6.45) is 3.74. The molecule has 0 saturated heterocycles. The number of nitrogens with one attached hydrogen (secondary N) is 1. The Morgan fingerprint density at radius 3 is 2.88 bits per heavy atom. The molecule has 90 valence electrons. The van der Waals surface area contributed by atoms with E-state index < -0.39 is 0 Å². The molecule has 17 heavy (non-hydrogen) atoms. The molecule has 0 amide bonds. The molecule has 0 aromatic carbocycles. The number of halogens is 1. The number of pyridine rings is 1. The van der Waals surface area contributed by atoms with Crippen LogP contribution in [-0.2, 0) is 6.42 Å². The number of nitrogens with zero attached hydrogens (tertiary/aromatic N) is 1. The molecule has 0 spiro atoms. The van der Waals surface area contributed by atoms with Gasteiger partial charge in [0.2, 0.25) is 0 Å². The fourth-order valence-electron chi connectivity index (χ4n) is 1.68. The molecule has 1 unspecified atom stereocenters. The van der Waals surface area contributed by atoms with Crippen molar-refractivity contribution >= 4 is 11.3 Å². The van der Waals surface area contributed by atoms with Crippen molar-refractivity contribution in [1.29, 1.82) is 0 Å². The average molecular weight is 251 g/mol. The van der Waals surface area contributed by atoms with Crippen LogP contribution in [0, 0.1) is 5.82 Å². The van der Waals surface area contributed by atoms with E-state index in [1.54, 1.807) is 23.6 Å². The fraction of sp³-hybridized carbons (Fsp3) is 0.250. The highest BCUT2D eigenvalue weighted by atomic mass is 32.1. The topological polar surface area (TPSA) is 50.9 Å². The predicted molar refractivity (Wildman–Crippen MR) is 67.1 cm³/mol. The number of hydrazine groups is 1. The Morgan fingerprint density at radius 1 is 1.47 bits per heavy atom. The summed E-state index contributed by atoms with van der Waals surface area (Å²) in [6, 6.07) is 5.35. The molecule has 3 nitrogen and oxygen atoms in total. The van der Waals surface area contributed by atoms with Crippen molar-refractivity contribution in [2.24, 2.45) is 5.84 Å². The van der Waals surface area contributed by atoms with Crippen LogP contribution in [0.2, 0.25) is 0 Å². The van der Waals surface area contributed by atoms with Crippen LogP contribution < -0.4 is 11.3 Å². The van der Waals surface area contributed by atoms with Crippen LogP contribution in [0.5, 0.6) is 0 Å². The van der Waals surface area contributed by atoms with E-state index in [0.717, 1.165) is 11.3 Å². The van der Waals surface area contributed by atoms with Crippen LogP contribution in [0.1, 0.15) is 28.3 Å². The zero-order chi connectivity index (χ0) is 12.3. The lowest BCUT2D eigenvalue weighted by atomic mass is 10.1. The molecule has 1 atom stereocenters. The first-order valence-corrected chi connectivity index (χ1v) is 6.22. The van der Waals surface area contributed by atoms with E-state index in [4.69, 9.17) is 5.84 Å². The van der Waals surface area contributed by atoms with Crippen LogP contribution in [0.25, 0.3) is 0 Å². The van der Waals surface area contributed by atoms with Gasteiger partial charge in [0, 0.05) is 21.5 Å². The fourth-order valence-corrected chi connectivity index (χ4v) is 2.72. The molecule has 0 aliphatic rings. The number of aryl methyl sites for hydroxylation is 1. The van der Waals surface area contributed by atoms with Gasteiger partial charge in [0.15, 0.2) is 0 Å². The maximum atomic E-state index is 13.6. The molecule has 0 saturated carbocycles. The van der Waals surface area contributed by atoms with Crippen molar-refractivity contribution in [1.82, 2.24) is 10.4 Å². The van der Waals surface area contributed by atoms with E-state index in [9.17, 15) is 4.39 Å². The lowest BCUT2D eigenvalue weighted by Crippen LogP contribution is -2.28. The molecule has 5 heteroatoms. The van der Waals surface area contributed by atoms with Gasteiger partial charge in [0.05, 0.1) is 12.2 Å². The summed E-state index contributed by atoms with van der Waals surface area (Å²) >= 11 is 1.64. The smallest absolute Gasteiger partial charge is 0.146 e. The highest BCUT2D eigenvalue weighted by molar-refractivity contribution is 7.12. The number of nitrogens with two attached hydrogens (primary N) is 1. The first-order chi connectivity index (χ1) is 8.26. The summed E-state index contributed by atoms with van der Waals surface area (Å²) in [4.78, 5) is 6.00. The van der Waals surface area contributed by atoms with E-state index in [1.165, 1.54) is 11.1 Å². The molecule has 3 N–H and O–H groups in total. The molecule has 0 fully saturated rings. The van der Waals surface area contributed by atoms with Gasteiger partial charge >= 0.3 is 0 Å². The highest BCUT2D eigenvalue weighted by Crippen LogP contribution is 2.29. The van der Waals surface area contributed by atoms with Gasteiger partial charge < -0.3 is 0 Å². The lowest BCUT2D eigenvalue weighted by Gasteiger charge is -2.14. The Kier molecular flexibility index (Phi) is 3.83. The Balaban J connectivity index is 2.36. The summed E-state index contributed by atoms with van der Waals surface area (Å²) < 4.78 is 13.6. The molecule has 0 aliphatic carbocycles. The van der Waals surface area contributed by atoms with Gasteiger partial charge in [-0.3, -0.25) is 10.8 Å². The third-order valence-electron chi connectivity index (χ3n) is 2.60. The molecule has 0 aliphatic heterocycles. The molecule has 2 aromatic rings. The van der Waals surface area contributed by atoms with Crippen LogP contribution in [-0.4, -0.2) is 4.98 Å². The predicted octanol–water partition coefficient (Wildman–Crippen LogP) is 2.40. The van der Waals surface area contributed by atoms with Crippen molar-refractivity contribution in [3.05, 3.63) is 51.7 Å². The molecule has 0 radical (unpaired) electrons.